The second-order valence-electron chi connectivity index (χ2n) is 7.18. The largest absolute Gasteiger partial charge is 0.359 e. The molecule has 2 N–H and O–H groups in total. The van der Waals surface area contributed by atoms with Gasteiger partial charge >= 0.3 is 6.03 Å². The SMILES string of the molecule is Cc1cc2cc(NC(=O)N3CCC[C@@H](C4(C)OCCO4)C3)ccc2[nH]1. The summed E-state index contributed by atoms with van der Waals surface area (Å²) in [7, 11) is 0. The molecule has 1 atom stereocenters. The fourth-order valence-electron chi connectivity index (χ4n) is 3.91. The monoisotopic (exact) mass is 343 g/mol. The van der Waals surface area contributed by atoms with Gasteiger partial charge in [0, 0.05) is 41.3 Å². The number of nitrogens with one attached hydrogen (secondary N) is 2. The average molecular weight is 343 g/mol. The fourth-order valence-corrected chi connectivity index (χ4v) is 3.91. The van der Waals surface area contributed by atoms with E-state index in [1.54, 1.807) is 0 Å². The predicted octanol–water partition coefficient (Wildman–Crippen LogP) is 3.48. The van der Waals surface area contributed by atoms with Gasteiger partial charge in [0.05, 0.1) is 13.2 Å². The molecule has 4 rings (SSSR count). The normalized spacial score (nSPS) is 23.1. The maximum Gasteiger partial charge on any atom is 0.321 e. The Labute approximate surface area is 147 Å². The molecular weight excluding hydrogens is 318 g/mol. The molecule has 6 nitrogen and oxygen atoms in total. The number of anilines is 1. The smallest absolute Gasteiger partial charge is 0.321 e. The van der Waals surface area contributed by atoms with Gasteiger partial charge in [0.15, 0.2) is 5.79 Å². The molecule has 25 heavy (non-hydrogen) atoms. The lowest BCUT2D eigenvalue weighted by Crippen LogP contribution is -2.49. The number of aromatic amines is 1. The highest BCUT2D eigenvalue weighted by atomic mass is 16.7. The van der Waals surface area contributed by atoms with Gasteiger partial charge in [-0.3, -0.25) is 0 Å². The molecule has 2 saturated heterocycles. The molecule has 1 aromatic heterocycles. The molecule has 1 aromatic carbocycles. The van der Waals surface area contributed by atoms with Gasteiger partial charge < -0.3 is 24.7 Å². The second kappa shape index (κ2) is 6.35. The van der Waals surface area contributed by atoms with E-state index in [0.29, 0.717) is 19.8 Å². The maximum absolute atomic E-state index is 12.7. The third-order valence-corrected chi connectivity index (χ3v) is 5.32. The Morgan fingerprint density at radius 3 is 2.92 bits per heavy atom. The average Bonchev–Trinajstić information content (AvgIpc) is 3.20. The lowest BCUT2D eigenvalue weighted by atomic mass is 9.90. The van der Waals surface area contributed by atoms with Crippen LogP contribution in [0.25, 0.3) is 10.9 Å². The number of ether oxygens (including phenoxy) is 2. The van der Waals surface area contributed by atoms with Crippen molar-refractivity contribution >= 4 is 22.6 Å². The van der Waals surface area contributed by atoms with E-state index in [1.807, 2.05) is 36.9 Å². The number of fused-ring (bicyclic) bond motifs is 1. The molecule has 134 valence electrons. The van der Waals surface area contributed by atoms with Crippen LogP contribution in [-0.2, 0) is 9.47 Å². The van der Waals surface area contributed by atoms with E-state index in [1.165, 1.54) is 0 Å². The molecule has 0 unspecified atom stereocenters. The number of hydrogen-bond donors (Lipinski definition) is 2. The minimum absolute atomic E-state index is 0.0575. The van der Waals surface area contributed by atoms with Crippen LogP contribution in [0.4, 0.5) is 10.5 Å². The summed E-state index contributed by atoms with van der Waals surface area (Å²) in [6.45, 7) is 6.72. The van der Waals surface area contributed by atoms with Crippen molar-refractivity contribution in [2.75, 3.05) is 31.6 Å². The first kappa shape index (κ1) is 16.4. The first-order valence-corrected chi connectivity index (χ1v) is 8.97. The second-order valence-corrected chi connectivity index (χ2v) is 7.18. The van der Waals surface area contributed by atoms with Gasteiger partial charge in [0.25, 0.3) is 0 Å². The number of carbonyl (C=O) groups excluding carboxylic acids is 1. The Morgan fingerprint density at radius 2 is 2.12 bits per heavy atom. The van der Waals surface area contributed by atoms with E-state index in [2.05, 4.69) is 16.4 Å². The van der Waals surface area contributed by atoms with Crippen LogP contribution in [-0.4, -0.2) is 48.0 Å². The highest BCUT2D eigenvalue weighted by Crippen LogP contribution is 2.34. The molecule has 0 bridgehead atoms. The van der Waals surface area contributed by atoms with E-state index in [9.17, 15) is 4.79 Å². The summed E-state index contributed by atoms with van der Waals surface area (Å²) in [4.78, 5) is 17.9. The number of rotatable bonds is 2. The van der Waals surface area contributed by atoms with Crippen molar-refractivity contribution in [2.24, 2.45) is 5.92 Å². The van der Waals surface area contributed by atoms with Crippen LogP contribution < -0.4 is 5.32 Å². The van der Waals surface area contributed by atoms with E-state index in [0.717, 1.165) is 41.7 Å². The number of carbonyl (C=O) groups is 1. The van der Waals surface area contributed by atoms with Crippen LogP contribution in [0.3, 0.4) is 0 Å². The molecule has 2 fully saturated rings. The third-order valence-electron chi connectivity index (χ3n) is 5.32. The summed E-state index contributed by atoms with van der Waals surface area (Å²) in [5.41, 5.74) is 3.01. The third kappa shape index (κ3) is 3.24. The van der Waals surface area contributed by atoms with Gasteiger partial charge in [-0.25, -0.2) is 4.79 Å². The Balaban J connectivity index is 1.44. The lowest BCUT2D eigenvalue weighted by Gasteiger charge is -2.39. The standard InChI is InChI=1S/C19H25N3O3/c1-13-10-14-11-16(5-6-17(14)20-13)21-18(23)22-7-3-4-15(12-22)19(2)24-8-9-25-19/h5-6,10-11,15,20H,3-4,7-9,12H2,1-2H3,(H,21,23)/t15-/m1/s1. The minimum Gasteiger partial charge on any atom is -0.359 e. The highest BCUT2D eigenvalue weighted by Gasteiger charge is 2.42. The number of hydrogen-bond acceptors (Lipinski definition) is 3. The molecule has 2 aliphatic rings. The molecule has 2 aliphatic heterocycles. The van der Waals surface area contributed by atoms with Gasteiger partial charge in [0.2, 0.25) is 0 Å². The topological polar surface area (TPSA) is 66.6 Å². The number of H-pyrrole nitrogens is 1. The Hall–Kier alpha value is -2.05. The van der Waals surface area contributed by atoms with Crippen molar-refractivity contribution in [3.63, 3.8) is 0 Å². The Bertz CT molecular complexity index is 779. The van der Waals surface area contributed by atoms with Crippen LogP contribution >= 0.6 is 0 Å². The van der Waals surface area contributed by atoms with Gasteiger partial charge in [0.1, 0.15) is 0 Å². The molecular formula is C19H25N3O3. The van der Waals surface area contributed by atoms with Crippen LogP contribution in [0.2, 0.25) is 0 Å². The summed E-state index contributed by atoms with van der Waals surface area (Å²) in [5.74, 6) is -0.343. The van der Waals surface area contributed by atoms with E-state index < -0.39 is 5.79 Å². The zero-order valence-electron chi connectivity index (χ0n) is 14.8. The van der Waals surface area contributed by atoms with Crippen molar-refractivity contribution in [2.45, 2.75) is 32.5 Å². The molecule has 0 aliphatic carbocycles. The Morgan fingerprint density at radius 1 is 1.32 bits per heavy atom. The highest BCUT2D eigenvalue weighted by molar-refractivity contribution is 5.93. The van der Waals surface area contributed by atoms with Gasteiger partial charge in [-0.1, -0.05) is 0 Å². The fraction of sp³-hybridized carbons (Fsp3) is 0.526. The molecule has 2 aromatic rings. The van der Waals surface area contributed by atoms with Crippen LogP contribution in [0.5, 0.6) is 0 Å². The summed E-state index contributed by atoms with van der Waals surface area (Å²) >= 11 is 0. The summed E-state index contributed by atoms with van der Waals surface area (Å²) < 4.78 is 11.6. The number of nitrogens with zero attached hydrogens (tertiary/aromatic N) is 1. The molecule has 0 spiro atoms. The quantitative estimate of drug-likeness (QED) is 0.877. The van der Waals surface area contributed by atoms with Gasteiger partial charge in [-0.15, -0.1) is 0 Å². The van der Waals surface area contributed by atoms with E-state index in [-0.39, 0.29) is 11.9 Å². The van der Waals surface area contributed by atoms with Crippen molar-refractivity contribution < 1.29 is 14.3 Å². The van der Waals surface area contributed by atoms with E-state index in [4.69, 9.17) is 9.47 Å². The first-order valence-electron chi connectivity index (χ1n) is 8.97. The molecule has 0 saturated carbocycles. The van der Waals surface area contributed by atoms with Gasteiger partial charge in [-0.05, 0) is 51.0 Å². The number of urea groups is 1. The lowest BCUT2D eigenvalue weighted by molar-refractivity contribution is -0.189. The Kier molecular flexibility index (Phi) is 4.17. The number of likely N-dealkylation sites (tertiary alicyclic amines) is 1. The van der Waals surface area contributed by atoms with Crippen LogP contribution in [0.1, 0.15) is 25.5 Å². The summed E-state index contributed by atoms with van der Waals surface area (Å²) in [6, 6.07) is 7.96. The summed E-state index contributed by atoms with van der Waals surface area (Å²) in [6.07, 6.45) is 1.99. The predicted molar refractivity (Wildman–Crippen MR) is 96.7 cm³/mol. The zero-order chi connectivity index (χ0) is 17.4. The van der Waals surface area contributed by atoms with Crippen molar-refractivity contribution in [1.29, 1.82) is 0 Å². The van der Waals surface area contributed by atoms with Crippen molar-refractivity contribution in [3.8, 4) is 0 Å². The number of piperidine rings is 1. The number of amides is 2. The van der Waals surface area contributed by atoms with Crippen LogP contribution in [0.15, 0.2) is 24.3 Å². The van der Waals surface area contributed by atoms with E-state index >= 15 is 0 Å². The van der Waals surface area contributed by atoms with Crippen LogP contribution in [0, 0.1) is 12.8 Å². The number of aryl methyl sites for hydroxylation is 1. The molecule has 6 heteroatoms. The minimum atomic E-state index is -0.555. The number of aromatic nitrogens is 1. The van der Waals surface area contributed by atoms with Crippen molar-refractivity contribution in [1.82, 2.24) is 9.88 Å². The maximum atomic E-state index is 12.7. The summed E-state index contributed by atoms with van der Waals surface area (Å²) in [5, 5.41) is 4.13. The molecule has 3 heterocycles. The molecule has 0 radical (unpaired) electrons. The van der Waals surface area contributed by atoms with Crippen molar-refractivity contribution in [3.05, 3.63) is 30.0 Å². The number of benzene rings is 1. The molecule has 2 amide bonds. The zero-order valence-corrected chi connectivity index (χ0v) is 14.8. The first-order chi connectivity index (χ1) is 12.0. The van der Waals surface area contributed by atoms with Gasteiger partial charge in [-0.2, -0.15) is 0 Å².